The molecule has 122 valence electrons. The molecule has 2 rings (SSSR count). The Labute approximate surface area is 137 Å². The summed E-state index contributed by atoms with van der Waals surface area (Å²) in [6, 6.07) is 6.86. The minimum atomic E-state index is -0.445. The zero-order valence-corrected chi connectivity index (χ0v) is 13.9. The van der Waals surface area contributed by atoms with Gasteiger partial charge in [-0.3, -0.25) is 9.59 Å². The molecule has 22 heavy (non-hydrogen) atoms. The lowest BCUT2D eigenvalue weighted by atomic mass is 9.84. The first kappa shape index (κ1) is 18.3. The van der Waals surface area contributed by atoms with Crippen molar-refractivity contribution in [1.82, 2.24) is 10.2 Å². The van der Waals surface area contributed by atoms with Gasteiger partial charge in [0.1, 0.15) is 0 Å². The molecule has 0 spiro atoms. The van der Waals surface area contributed by atoms with Gasteiger partial charge in [0.25, 0.3) is 5.91 Å². The van der Waals surface area contributed by atoms with Gasteiger partial charge < -0.3 is 16.0 Å². The van der Waals surface area contributed by atoms with Crippen molar-refractivity contribution in [3.05, 3.63) is 29.8 Å². The van der Waals surface area contributed by atoms with Gasteiger partial charge in [0, 0.05) is 31.9 Å². The maximum atomic E-state index is 12.4. The van der Waals surface area contributed by atoms with Gasteiger partial charge in [0.2, 0.25) is 5.91 Å². The number of rotatable bonds is 4. The molecule has 0 saturated heterocycles. The molecule has 0 aromatic heterocycles. The van der Waals surface area contributed by atoms with E-state index in [-0.39, 0.29) is 24.2 Å². The number of nitrogens with zero attached hydrogens (tertiary/aromatic N) is 1. The highest BCUT2D eigenvalue weighted by Gasteiger charge is 2.42. The number of carbonyl (C=O) groups excluding carboxylic acids is 2. The van der Waals surface area contributed by atoms with Crippen LogP contribution in [-0.2, 0) is 4.79 Å². The van der Waals surface area contributed by atoms with E-state index in [1.54, 1.807) is 43.3 Å². The summed E-state index contributed by atoms with van der Waals surface area (Å²) in [6.45, 7) is 0.387. The number of carbonyl (C=O) groups is 2. The molecular formula is C16H24ClN3O2. The first-order chi connectivity index (χ1) is 9.94. The average Bonchev–Trinajstić information content (AvgIpc) is 2.94. The molecule has 2 amide bonds. The second kappa shape index (κ2) is 7.49. The molecule has 0 heterocycles. The summed E-state index contributed by atoms with van der Waals surface area (Å²) in [6.07, 6.45) is 3.74. The predicted octanol–water partition coefficient (Wildman–Crippen LogP) is 2.07. The lowest BCUT2D eigenvalue weighted by molar-refractivity contribution is -0.138. The number of anilines is 1. The van der Waals surface area contributed by atoms with Crippen molar-refractivity contribution in [1.29, 1.82) is 0 Å². The Balaban J connectivity index is 0.00000242. The summed E-state index contributed by atoms with van der Waals surface area (Å²) in [5.74, 6) is -0.0759. The van der Waals surface area contributed by atoms with Crippen LogP contribution in [0.1, 0.15) is 36.0 Å². The van der Waals surface area contributed by atoms with Crippen molar-refractivity contribution < 1.29 is 9.59 Å². The fourth-order valence-corrected chi connectivity index (χ4v) is 3.02. The zero-order valence-electron chi connectivity index (χ0n) is 13.1. The summed E-state index contributed by atoms with van der Waals surface area (Å²) in [4.78, 5) is 26.2. The van der Waals surface area contributed by atoms with E-state index in [0.717, 1.165) is 25.7 Å². The van der Waals surface area contributed by atoms with Crippen molar-refractivity contribution in [2.45, 2.75) is 25.7 Å². The molecule has 1 saturated carbocycles. The smallest absolute Gasteiger partial charge is 0.251 e. The Morgan fingerprint density at radius 2 is 1.91 bits per heavy atom. The third-order valence-electron chi connectivity index (χ3n) is 4.16. The second-order valence-corrected chi connectivity index (χ2v) is 6.00. The van der Waals surface area contributed by atoms with Crippen molar-refractivity contribution in [2.24, 2.45) is 5.41 Å². The quantitative estimate of drug-likeness (QED) is 0.832. The van der Waals surface area contributed by atoms with E-state index in [1.807, 2.05) is 0 Å². The van der Waals surface area contributed by atoms with Gasteiger partial charge in [-0.2, -0.15) is 0 Å². The Morgan fingerprint density at radius 1 is 1.27 bits per heavy atom. The molecular weight excluding hydrogens is 302 g/mol. The van der Waals surface area contributed by atoms with Gasteiger partial charge in [-0.05, 0) is 31.0 Å². The number of hydrogen-bond acceptors (Lipinski definition) is 3. The molecule has 0 unspecified atom stereocenters. The molecule has 0 atom stereocenters. The van der Waals surface area contributed by atoms with Crippen molar-refractivity contribution >= 4 is 29.9 Å². The van der Waals surface area contributed by atoms with Gasteiger partial charge >= 0.3 is 0 Å². The zero-order chi connectivity index (χ0) is 15.5. The van der Waals surface area contributed by atoms with E-state index >= 15 is 0 Å². The highest BCUT2D eigenvalue weighted by molar-refractivity contribution is 5.95. The van der Waals surface area contributed by atoms with E-state index in [1.165, 1.54) is 0 Å². The summed E-state index contributed by atoms with van der Waals surface area (Å²) in [5.41, 5.74) is 6.33. The summed E-state index contributed by atoms with van der Waals surface area (Å²) >= 11 is 0. The number of nitrogens with one attached hydrogen (secondary N) is 1. The van der Waals surface area contributed by atoms with Crippen LogP contribution in [-0.4, -0.2) is 37.4 Å². The Kier molecular flexibility index (Phi) is 6.23. The molecule has 1 aromatic carbocycles. The normalized spacial score (nSPS) is 15.7. The van der Waals surface area contributed by atoms with Crippen LogP contribution >= 0.6 is 12.4 Å². The maximum Gasteiger partial charge on any atom is 0.251 e. The number of nitrogens with two attached hydrogens (primary N) is 1. The van der Waals surface area contributed by atoms with E-state index in [2.05, 4.69) is 5.32 Å². The number of benzene rings is 1. The van der Waals surface area contributed by atoms with E-state index in [4.69, 9.17) is 5.73 Å². The largest absolute Gasteiger partial charge is 0.399 e. The summed E-state index contributed by atoms with van der Waals surface area (Å²) in [7, 11) is 3.53. The molecule has 1 aliphatic rings. The molecule has 0 radical (unpaired) electrons. The highest BCUT2D eigenvalue weighted by Crippen LogP contribution is 2.38. The monoisotopic (exact) mass is 325 g/mol. The molecule has 1 aliphatic carbocycles. The SMILES string of the molecule is CN(C)C(=O)C1(CNC(=O)c2cccc(N)c2)CCCC1.Cl. The molecule has 0 aliphatic heterocycles. The van der Waals surface area contributed by atoms with Gasteiger partial charge in [-0.15, -0.1) is 12.4 Å². The van der Waals surface area contributed by atoms with Crippen molar-refractivity contribution in [3.8, 4) is 0 Å². The van der Waals surface area contributed by atoms with Crippen molar-refractivity contribution in [2.75, 3.05) is 26.4 Å². The molecule has 5 nitrogen and oxygen atoms in total. The van der Waals surface area contributed by atoms with Gasteiger partial charge in [-0.1, -0.05) is 18.9 Å². The molecule has 3 N–H and O–H groups in total. The number of amides is 2. The van der Waals surface area contributed by atoms with E-state index < -0.39 is 5.41 Å². The third kappa shape index (κ3) is 3.91. The van der Waals surface area contributed by atoms with Crippen LogP contribution in [0.25, 0.3) is 0 Å². The van der Waals surface area contributed by atoms with Crippen LogP contribution in [0.5, 0.6) is 0 Å². The van der Waals surface area contributed by atoms with E-state index in [9.17, 15) is 9.59 Å². The third-order valence-corrected chi connectivity index (χ3v) is 4.16. The Bertz CT molecular complexity index is 540. The van der Waals surface area contributed by atoms with Crippen LogP contribution in [0.15, 0.2) is 24.3 Å². The highest BCUT2D eigenvalue weighted by atomic mass is 35.5. The standard InChI is InChI=1S/C16H23N3O2.ClH/c1-19(2)15(21)16(8-3-4-9-16)11-18-14(20)12-6-5-7-13(17)10-12;/h5-7,10H,3-4,8-9,11,17H2,1-2H3,(H,18,20);1H. The van der Waals surface area contributed by atoms with E-state index in [0.29, 0.717) is 17.8 Å². The summed E-state index contributed by atoms with van der Waals surface area (Å²) in [5, 5.41) is 2.90. The van der Waals surface area contributed by atoms with Gasteiger partial charge in [-0.25, -0.2) is 0 Å². The fraction of sp³-hybridized carbons (Fsp3) is 0.500. The topological polar surface area (TPSA) is 75.4 Å². The minimum Gasteiger partial charge on any atom is -0.399 e. The van der Waals surface area contributed by atoms with Gasteiger partial charge in [0.15, 0.2) is 0 Å². The fourth-order valence-electron chi connectivity index (χ4n) is 3.02. The first-order valence-corrected chi connectivity index (χ1v) is 7.30. The maximum absolute atomic E-state index is 12.4. The van der Waals surface area contributed by atoms with Crippen LogP contribution in [0.3, 0.4) is 0 Å². The van der Waals surface area contributed by atoms with Crippen LogP contribution in [0.4, 0.5) is 5.69 Å². The minimum absolute atomic E-state index is 0. The molecule has 0 bridgehead atoms. The number of nitrogen functional groups attached to an aromatic ring is 1. The average molecular weight is 326 g/mol. The van der Waals surface area contributed by atoms with Crippen molar-refractivity contribution in [3.63, 3.8) is 0 Å². The number of hydrogen-bond donors (Lipinski definition) is 2. The van der Waals surface area contributed by atoms with Crippen LogP contribution in [0.2, 0.25) is 0 Å². The second-order valence-electron chi connectivity index (χ2n) is 6.00. The lowest BCUT2D eigenvalue weighted by Gasteiger charge is -2.30. The first-order valence-electron chi connectivity index (χ1n) is 7.30. The predicted molar refractivity (Wildman–Crippen MR) is 90.0 cm³/mol. The molecule has 6 heteroatoms. The van der Waals surface area contributed by atoms with Crippen LogP contribution < -0.4 is 11.1 Å². The Morgan fingerprint density at radius 3 is 2.45 bits per heavy atom. The lowest BCUT2D eigenvalue weighted by Crippen LogP contribution is -2.46. The molecule has 1 aromatic rings. The Hall–Kier alpha value is -1.75. The summed E-state index contributed by atoms with van der Waals surface area (Å²) < 4.78 is 0. The molecule has 1 fully saturated rings. The van der Waals surface area contributed by atoms with Gasteiger partial charge in [0.05, 0.1) is 5.41 Å². The number of halogens is 1. The van der Waals surface area contributed by atoms with Crippen LogP contribution in [0, 0.1) is 5.41 Å².